The molecule has 0 bridgehead atoms. The van der Waals surface area contributed by atoms with E-state index in [1.807, 2.05) is 6.07 Å². The van der Waals surface area contributed by atoms with Crippen LogP contribution in [0, 0.1) is 0 Å². The van der Waals surface area contributed by atoms with Crippen LogP contribution in [-0.4, -0.2) is 37.9 Å². The Bertz CT molecular complexity index is 564. The van der Waals surface area contributed by atoms with Gasteiger partial charge in [0.1, 0.15) is 5.82 Å². The molecule has 1 saturated carbocycles. The predicted molar refractivity (Wildman–Crippen MR) is 83.2 cm³/mol. The highest BCUT2D eigenvalue weighted by Crippen LogP contribution is 2.24. The molecule has 1 aliphatic rings. The van der Waals surface area contributed by atoms with Crippen LogP contribution in [0.5, 0.6) is 0 Å². The minimum absolute atomic E-state index is 0.115. The number of ether oxygens (including phenoxy) is 1. The normalized spacial score (nSPS) is 23.2. The Kier molecular flexibility index (Phi) is 5.22. The van der Waals surface area contributed by atoms with Crippen molar-refractivity contribution in [3.8, 4) is 0 Å². The Balaban J connectivity index is 1.92. The molecule has 21 heavy (non-hydrogen) atoms. The van der Waals surface area contributed by atoms with E-state index in [1.165, 1.54) is 12.3 Å². The molecule has 0 atom stereocenters. The maximum atomic E-state index is 11.5. The molecule has 1 N–H and O–H groups in total. The summed E-state index contributed by atoms with van der Waals surface area (Å²) in [5, 5.41) is 3.45. The molecular formula is C15H24N2O3S. The van der Waals surface area contributed by atoms with Gasteiger partial charge in [0.2, 0.25) is 0 Å². The number of hydrogen-bond donors (Lipinski definition) is 1. The topological polar surface area (TPSA) is 68.3 Å². The SMILES string of the molecule is CC(C)OC1CCC(Nc2cccc(S(C)(=O)=O)n2)CC1. The molecule has 1 aromatic rings. The lowest BCUT2D eigenvalue weighted by atomic mass is 9.93. The van der Waals surface area contributed by atoms with Crippen molar-refractivity contribution >= 4 is 15.7 Å². The maximum Gasteiger partial charge on any atom is 0.192 e. The molecule has 0 aromatic carbocycles. The second-order valence-electron chi connectivity index (χ2n) is 5.94. The van der Waals surface area contributed by atoms with E-state index >= 15 is 0 Å². The molecule has 0 amide bonds. The molecular weight excluding hydrogens is 288 g/mol. The second-order valence-corrected chi connectivity index (χ2v) is 7.90. The van der Waals surface area contributed by atoms with E-state index in [0.717, 1.165) is 25.7 Å². The van der Waals surface area contributed by atoms with Crippen molar-refractivity contribution in [2.45, 2.75) is 62.8 Å². The van der Waals surface area contributed by atoms with Gasteiger partial charge in [-0.05, 0) is 51.7 Å². The maximum absolute atomic E-state index is 11.5. The highest BCUT2D eigenvalue weighted by atomic mass is 32.2. The van der Waals surface area contributed by atoms with Gasteiger partial charge in [0, 0.05) is 12.3 Å². The summed E-state index contributed by atoms with van der Waals surface area (Å²) in [4.78, 5) is 4.18. The van der Waals surface area contributed by atoms with Gasteiger partial charge in [-0.2, -0.15) is 0 Å². The summed E-state index contributed by atoms with van der Waals surface area (Å²) in [7, 11) is -3.26. The number of sulfone groups is 1. The lowest BCUT2D eigenvalue weighted by Gasteiger charge is -2.30. The lowest BCUT2D eigenvalue weighted by Crippen LogP contribution is -2.31. The van der Waals surface area contributed by atoms with E-state index in [9.17, 15) is 8.42 Å². The molecule has 6 heteroatoms. The van der Waals surface area contributed by atoms with E-state index in [1.54, 1.807) is 6.07 Å². The van der Waals surface area contributed by atoms with Gasteiger partial charge in [0.05, 0.1) is 12.2 Å². The van der Waals surface area contributed by atoms with Gasteiger partial charge >= 0.3 is 0 Å². The number of hydrogen-bond acceptors (Lipinski definition) is 5. The van der Waals surface area contributed by atoms with E-state index in [0.29, 0.717) is 18.0 Å². The number of nitrogens with one attached hydrogen (secondary N) is 1. The minimum atomic E-state index is -3.26. The van der Waals surface area contributed by atoms with Crippen molar-refractivity contribution < 1.29 is 13.2 Å². The smallest absolute Gasteiger partial charge is 0.192 e. The fraction of sp³-hybridized carbons (Fsp3) is 0.667. The summed E-state index contributed by atoms with van der Waals surface area (Å²) in [6, 6.07) is 5.39. The fourth-order valence-corrected chi connectivity index (χ4v) is 3.23. The van der Waals surface area contributed by atoms with Gasteiger partial charge in [-0.15, -0.1) is 0 Å². The van der Waals surface area contributed by atoms with Crippen LogP contribution < -0.4 is 5.32 Å². The average Bonchev–Trinajstić information content (AvgIpc) is 2.40. The van der Waals surface area contributed by atoms with Crippen LogP contribution in [0.1, 0.15) is 39.5 Å². The first kappa shape index (κ1) is 16.2. The molecule has 1 aliphatic carbocycles. The van der Waals surface area contributed by atoms with Crippen molar-refractivity contribution in [3.05, 3.63) is 18.2 Å². The molecule has 0 saturated heterocycles. The Morgan fingerprint density at radius 1 is 1.24 bits per heavy atom. The Hall–Kier alpha value is -1.14. The van der Waals surface area contributed by atoms with Crippen LogP contribution >= 0.6 is 0 Å². The van der Waals surface area contributed by atoms with Gasteiger partial charge < -0.3 is 10.1 Å². The van der Waals surface area contributed by atoms with E-state index in [4.69, 9.17) is 4.74 Å². The van der Waals surface area contributed by atoms with Crippen LogP contribution in [0.4, 0.5) is 5.82 Å². The van der Waals surface area contributed by atoms with Crippen LogP contribution in [0.15, 0.2) is 23.2 Å². The highest BCUT2D eigenvalue weighted by molar-refractivity contribution is 7.90. The van der Waals surface area contributed by atoms with Crippen molar-refractivity contribution in [1.82, 2.24) is 4.98 Å². The molecule has 1 fully saturated rings. The van der Waals surface area contributed by atoms with Crippen molar-refractivity contribution in [1.29, 1.82) is 0 Å². The number of anilines is 1. The Morgan fingerprint density at radius 2 is 1.90 bits per heavy atom. The van der Waals surface area contributed by atoms with E-state index in [2.05, 4.69) is 24.1 Å². The zero-order valence-corrected chi connectivity index (χ0v) is 13.7. The van der Waals surface area contributed by atoms with Crippen LogP contribution in [0.3, 0.4) is 0 Å². The summed E-state index contributed by atoms with van der Waals surface area (Å²) in [5.74, 6) is 0.631. The first-order chi connectivity index (χ1) is 9.84. The number of pyridine rings is 1. The summed E-state index contributed by atoms with van der Waals surface area (Å²) in [6.07, 6.45) is 5.88. The standard InChI is InChI=1S/C15H24N2O3S/c1-11(2)20-13-9-7-12(8-10-13)16-14-5-4-6-15(17-14)21(3,18)19/h4-6,11-13H,7-10H2,1-3H3,(H,16,17). The molecule has 0 spiro atoms. The Morgan fingerprint density at radius 3 is 2.48 bits per heavy atom. The monoisotopic (exact) mass is 312 g/mol. The largest absolute Gasteiger partial charge is 0.376 e. The molecule has 0 aliphatic heterocycles. The van der Waals surface area contributed by atoms with Gasteiger partial charge in [0.15, 0.2) is 14.9 Å². The zero-order valence-electron chi connectivity index (χ0n) is 12.9. The van der Waals surface area contributed by atoms with Gasteiger partial charge in [-0.1, -0.05) is 6.07 Å². The quantitative estimate of drug-likeness (QED) is 0.905. The summed E-state index contributed by atoms with van der Waals surface area (Å²) >= 11 is 0. The Labute approximate surface area is 127 Å². The third-order valence-electron chi connectivity index (χ3n) is 3.59. The van der Waals surface area contributed by atoms with Gasteiger partial charge in [-0.25, -0.2) is 13.4 Å². The van der Waals surface area contributed by atoms with Crippen molar-refractivity contribution in [3.63, 3.8) is 0 Å². The van der Waals surface area contributed by atoms with Crippen molar-refractivity contribution in [2.24, 2.45) is 0 Å². The molecule has 2 rings (SSSR count). The first-order valence-corrected chi connectivity index (χ1v) is 9.33. The average molecular weight is 312 g/mol. The van der Waals surface area contributed by atoms with E-state index < -0.39 is 9.84 Å². The molecule has 118 valence electrons. The second kappa shape index (κ2) is 6.75. The van der Waals surface area contributed by atoms with E-state index in [-0.39, 0.29) is 11.1 Å². The number of rotatable bonds is 5. The third kappa shape index (κ3) is 4.97. The molecule has 1 aromatic heterocycles. The third-order valence-corrected chi connectivity index (χ3v) is 4.58. The number of aromatic nitrogens is 1. The molecule has 0 unspecified atom stereocenters. The summed E-state index contributed by atoms with van der Waals surface area (Å²) in [6.45, 7) is 4.12. The lowest BCUT2D eigenvalue weighted by molar-refractivity contribution is -0.0133. The van der Waals surface area contributed by atoms with Crippen LogP contribution in [0.2, 0.25) is 0 Å². The molecule has 1 heterocycles. The predicted octanol–water partition coefficient (Wildman–Crippen LogP) is 2.63. The van der Waals surface area contributed by atoms with Gasteiger partial charge in [0.25, 0.3) is 0 Å². The highest BCUT2D eigenvalue weighted by Gasteiger charge is 2.22. The first-order valence-electron chi connectivity index (χ1n) is 7.43. The number of nitrogens with zero attached hydrogens (tertiary/aromatic N) is 1. The van der Waals surface area contributed by atoms with Crippen LogP contribution in [0.25, 0.3) is 0 Å². The van der Waals surface area contributed by atoms with Crippen molar-refractivity contribution in [2.75, 3.05) is 11.6 Å². The zero-order chi connectivity index (χ0) is 15.5. The summed E-state index contributed by atoms with van der Waals surface area (Å²) in [5.41, 5.74) is 0. The van der Waals surface area contributed by atoms with Crippen LogP contribution in [-0.2, 0) is 14.6 Å². The summed E-state index contributed by atoms with van der Waals surface area (Å²) < 4.78 is 28.9. The van der Waals surface area contributed by atoms with Gasteiger partial charge in [-0.3, -0.25) is 0 Å². The molecule has 0 radical (unpaired) electrons. The minimum Gasteiger partial charge on any atom is -0.376 e. The fourth-order valence-electron chi connectivity index (χ4n) is 2.64. The molecule has 5 nitrogen and oxygen atoms in total.